The van der Waals surface area contributed by atoms with Crippen LogP contribution in [0.5, 0.6) is 5.75 Å². The van der Waals surface area contributed by atoms with Crippen molar-refractivity contribution in [2.75, 3.05) is 11.9 Å². The minimum absolute atomic E-state index is 0.167. The monoisotopic (exact) mass is 384 g/mol. The lowest BCUT2D eigenvalue weighted by Gasteiger charge is -2.10. The Morgan fingerprint density at radius 1 is 1.26 bits per heavy atom. The van der Waals surface area contributed by atoms with Crippen molar-refractivity contribution in [2.24, 2.45) is 0 Å². The highest BCUT2D eigenvalue weighted by Gasteiger charge is 2.21. The van der Waals surface area contributed by atoms with Gasteiger partial charge in [-0.15, -0.1) is 16.4 Å². The molecule has 4 rings (SSSR count). The summed E-state index contributed by atoms with van der Waals surface area (Å²) in [5, 5.41) is 11.5. The Bertz CT molecular complexity index is 1040. The fourth-order valence-corrected chi connectivity index (χ4v) is 4.54. The van der Waals surface area contributed by atoms with Crippen molar-refractivity contribution in [3.63, 3.8) is 0 Å². The van der Waals surface area contributed by atoms with E-state index in [9.17, 15) is 9.59 Å². The molecular formula is C19H20N4O3S. The molecule has 0 spiro atoms. The second kappa shape index (κ2) is 7.48. The molecule has 0 aliphatic heterocycles. The van der Waals surface area contributed by atoms with Gasteiger partial charge in [-0.2, -0.15) is 0 Å². The number of nitrogens with zero attached hydrogens (tertiary/aromatic N) is 3. The fourth-order valence-electron chi connectivity index (χ4n) is 3.35. The summed E-state index contributed by atoms with van der Waals surface area (Å²) in [7, 11) is 0. The average Bonchev–Trinajstić information content (AvgIpc) is 3.05. The Morgan fingerprint density at radius 2 is 2.04 bits per heavy atom. The summed E-state index contributed by atoms with van der Waals surface area (Å²) in [4.78, 5) is 27.1. The molecule has 1 N–H and O–H groups in total. The lowest BCUT2D eigenvalue weighted by molar-refractivity contribution is -0.117. The Balaban J connectivity index is 1.53. The molecule has 1 amide bonds. The van der Waals surface area contributed by atoms with Crippen molar-refractivity contribution in [1.82, 2.24) is 15.0 Å². The van der Waals surface area contributed by atoms with E-state index in [1.807, 2.05) is 6.92 Å². The molecule has 0 saturated carbocycles. The third kappa shape index (κ3) is 3.57. The number of nitrogens with one attached hydrogen (secondary N) is 1. The van der Waals surface area contributed by atoms with Crippen molar-refractivity contribution in [3.8, 4) is 5.75 Å². The van der Waals surface area contributed by atoms with E-state index in [1.165, 1.54) is 4.88 Å². The number of fused-ring (bicyclic) bond motifs is 3. The second-order valence-corrected chi connectivity index (χ2v) is 7.53. The summed E-state index contributed by atoms with van der Waals surface area (Å²) >= 11 is 1.55. The number of rotatable bonds is 5. The minimum atomic E-state index is -0.320. The Hall–Kier alpha value is -2.74. The van der Waals surface area contributed by atoms with Gasteiger partial charge in [0.05, 0.1) is 12.0 Å². The first-order valence-electron chi connectivity index (χ1n) is 9.06. The molecule has 2 aromatic heterocycles. The lowest BCUT2D eigenvalue weighted by atomic mass is 9.97. The highest BCUT2D eigenvalue weighted by Crippen LogP contribution is 2.33. The molecule has 2 heterocycles. The fraction of sp³-hybridized carbons (Fsp3) is 0.368. The van der Waals surface area contributed by atoms with Gasteiger partial charge in [0.2, 0.25) is 5.91 Å². The summed E-state index contributed by atoms with van der Waals surface area (Å²) in [6.07, 6.45) is 4.12. The summed E-state index contributed by atoms with van der Waals surface area (Å²) < 4.78 is 6.53. The van der Waals surface area contributed by atoms with Gasteiger partial charge in [0.25, 0.3) is 5.56 Å². The van der Waals surface area contributed by atoms with Gasteiger partial charge in [-0.05, 0) is 62.4 Å². The molecule has 140 valence electrons. The standard InChI is InChI=1S/C19H20N4O3S/c1-2-26-13-9-7-12(8-10-13)20-16(24)11-23-19(25)17-14-5-3-4-6-15(14)27-18(17)21-22-23/h7-10H,2-6,11H2,1H3,(H,20,24). The molecule has 0 atom stereocenters. The van der Waals surface area contributed by atoms with Gasteiger partial charge in [0, 0.05) is 10.6 Å². The molecule has 7 nitrogen and oxygen atoms in total. The van der Waals surface area contributed by atoms with Crippen LogP contribution in [0.3, 0.4) is 0 Å². The molecule has 0 fully saturated rings. The van der Waals surface area contributed by atoms with Gasteiger partial charge >= 0.3 is 0 Å². The molecule has 0 bridgehead atoms. The zero-order valence-corrected chi connectivity index (χ0v) is 15.8. The molecule has 0 saturated heterocycles. The van der Waals surface area contributed by atoms with Crippen LogP contribution in [0, 0.1) is 0 Å². The maximum Gasteiger partial charge on any atom is 0.279 e. The van der Waals surface area contributed by atoms with Crippen LogP contribution in [0.15, 0.2) is 29.1 Å². The molecular weight excluding hydrogens is 364 g/mol. The zero-order chi connectivity index (χ0) is 18.8. The van der Waals surface area contributed by atoms with Crippen LogP contribution in [0.4, 0.5) is 5.69 Å². The van der Waals surface area contributed by atoms with Crippen LogP contribution in [0.25, 0.3) is 10.2 Å². The number of carbonyl (C=O) groups excluding carboxylic acids is 1. The number of hydrogen-bond donors (Lipinski definition) is 1. The van der Waals surface area contributed by atoms with Crippen LogP contribution in [0.2, 0.25) is 0 Å². The van der Waals surface area contributed by atoms with E-state index in [4.69, 9.17) is 4.74 Å². The number of anilines is 1. The number of ether oxygens (including phenoxy) is 1. The van der Waals surface area contributed by atoms with Gasteiger partial charge < -0.3 is 10.1 Å². The lowest BCUT2D eigenvalue weighted by Crippen LogP contribution is -2.30. The Labute approximate surface area is 160 Å². The van der Waals surface area contributed by atoms with E-state index in [0.29, 0.717) is 22.5 Å². The highest BCUT2D eigenvalue weighted by atomic mass is 32.1. The van der Waals surface area contributed by atoms with Crippen molar-refractivity contribution in [3.05, 3.63) is 45.1 Å². The SMILES string of the molecule is CCOc1ccc(NC(=O)Cn2nnc3sc4c(c3c2=O)CCCC4)cc1. The summed E-state index contributed by atoms with van der Waals surface area (Å²) in [5.74, 6) is 0.421. The molecule has 27 heavy (non-hydrogen) atoms. The van der Waals surface area contributed by atoms with E-state index < -0.39 is 0 Å². The second-order valence-electron chi connectivity index (χ2n) is 6.45. The highest BCUT2D eigenvalue weighted by molar-refractivity contribution is 7.18. The van der Waals surface area contributed by atoms with Gasteiger partial charge in [-0.3, -0.25) is 9.59 Å². The Kier molecular flexibility index (Phi) is 4.89. The molecule has 1 aliphatic rings. The minimum Gasteiger partial charge on any atom is -0.494 e. The van der Waals surface area contributed by atoms with Crippen LogP contribution >= 0.6 is 11.3 Å². The molecule has 1 aromatic carbocycles. The smallest absolute Gasteiger partial charge is 0.279 e. The van der Waals surface area contributed by atoms with Crippen molar-refractivity contribution in [1.29, 1.82) is 0 Å². The predicted molar refractivity (Wildman–Crippen MR) is 105 cm³/mol. The van der Waals surface area contributed by atoms with Crippen molar-refractivity contribution >= 4 is 33.1 Å². The van der Waals surface area contributed by atoms with Gasteiger partial charge in [0.1, 0.15) is 12.3 Å². The maximum atomic E-state index is 12.8. The normalized spacial score (nSPS) is 13.4. The number of aryl methyl sites for hydroxylation is 2. The number of benzene rings is 1. The first-order valence-corrected chi connectivity index (χ1v) is 9.88. The van der Waals surface area contributed by atoms with E-state index >= 15 is 0 Å². The van der Waals surface area contributed by atoms with E-state index in [-0.39, 0.29) is 18.0 Å². The van der Waals surface area contributed by atoms with Crippen LogP contribution in [0.1, 0.15) is 30.2 Å². The molecule has 3 aromatic rings. The first-order chi connectivity index (χ1) is 13.2. The quantitative estimate of drug-likeness (QED) is 0.731. The van der Waals surface area contributed by atoms with E-state index in [0.717, 1.165) is 41.7 Å². The molecule has 1 aliphatic carbocycles. The number of hydrogen-bond acceptors (Lipinski definition) is 6. The maximum absolute atomic E-state index is 12.8. The first kappa shape index (κ1) is 17.7. The third-order valence-electron chi connectivity index (χ3n) is 4.59. The third-order valence-corrected chi connectivity index (χ3v) is 5.76. The predicted octanol–water partition coefficient (Wildman–Crippen LogP) is 2.77. The van der Waals surface area contributed by atoms with E-state index in [1.54, 1.807) is 35.6 Å². The average molecular weight is 384 g/mol. The largest absolute Gasteiger partial charge is 0.494 e. The van der Waals surface area contributed by atoms with Crippen molar-refractivity contribution in [2.45, 2.75) is 39.2 Å². The number of amides is 1. The summed E-state index contributed by atoms with van der Waals surface area (Å²) in [5.41, 5.74) is 1.50. The van der Waals surface area contributed by atoms with Crippen LogP contribution < -0.4 is 15.6 Å². The molecule has 0 unspecified atom stereocenters. The number of carbonyl (C=O) groups is 1. The van der Waals surface area contributed by atoms with Crippen LogP contribution in [-0.4, -0.2) is 27.5 Å². The Morgan fingerprint density at radius 3 is 2.81 bits per heavy atom. The topological polar surface area (TPSA) is 86.1 Å². The van der Waals surface area contributed by atoms with Gasteiger partial charge in [0.15, 0.2) is 4.83 Å². The summed E-state index contributed by atoms with van der Waals surface area (Å²) in [6, 6.07) is 7.09. The zero-order valence-electron chi connectivity index (χ0n) is 15.0. The van der Waals surface area contributed by atoms with Gasteiger partial charge in [-0.25, -0.2) is 4.68 Å². The van der Waals surface area contributed by atoms with E-state index in [2.05, 4.69) is 15.6 Å². The number of aromatic nitrogens is 3. The molecule has 8 heteroatoms. The van der Waals surface area contributed by atoms with Gasteiger partial charge in [-0.1, -0.05) is 5.21 Å². The number of thiophene rings is 1. The van der Waals surface area contributed by atoms with Crippen molar-refractivity contribution < 1.29 is 9.53 Å². The van der Waals surface area contributed by atoms with Crippen LogP contribution in [-0.2, 0) is 24.2 Å². The summed E-state index contributed by atoms with van der Waals surface area (Å²) in [6.45, 7) is 2.33. The molecule has 0 radical (unpaired) electrons.